The number of nitrogens with two attached hydrogens (primary N) is 1. The fraction of sp³-hybridized carbons (Fsp3) is 0.533. The number of carbonyl (C=O) groups excluding carboxylic acids is 1. The van der Waals surface area contributed by atoms with Gasteiger partial charge in [0.25, 0.3) is 5.69 Å². The number of nitrogens with zero attached hydrogens (tertiary/aromatic N) is 3. The van der Waals surface area contributed by atoms with Crippen LogP contribution in [0.25, 0.3) is 0 Å². The highest BCUT2D eigenvalue weighted by Gasteiger charge is 2.27. The lowest BCUT2D eigenvalue weighted by atomic mass is 10.2. The molecule has 0 aliphatic carbocycles. The molecule has 2 rings (SSSR count). The molecule has 11 nitrogen and oxygen atoms in total. The minimum Gasteiger partial charge on any atom is -0.376 e. The van der Waals surface area contributed by atoms with E-state index in [0.717, 1.165) is 0 Å². The van der Waals surface area contributed by atoms with Crippen molar-refractivity contribution >= 4 is 27.3 Å². The highest BCUT2D eigenvalue weighted by molar-refractivity contribution is 7.89. The first kappa shape index (κ1) is 21.0. The largest absolute Gasteiger partial charge is 0.376 e. The van der Waals surface area contributed by atoms with E-state index < -0.39 is 26.7 Å². The summed E-state index contributed by atoms with van der Waals surface area (Å²) in [7, 11) is -0.573. The third-order valence-electron chi connectivity index (χ3n) is 3.96. The maximum absolute atomic E-state index is 12.2. The van der Waals surface area contributed by atoms with Crippen molar-refractivity contribution in [3.8, 4) is 0 Å². The molecule has 1 aromatic rings. The van der Waals surface area contributed by atoms with Crippen LogP contribution in [-0.2, 0) is 19.6 Å². The molecule has 27 heavy (non-hydrogen) atoms. The molecule has 0 bridgehead atoms. The van der Waals surface area contributed by atoms with Gasteiger partial charge in [-0.2, -0.15) is 0 Å². The number of likely N-dealkylation sites (N-methyl/N-ethyl adjacent to an activating group) is 1. The van der Waals surface area contributed by atoms with E-state index in [4.69, 9.17) is 9.88 Å². The lowest BCUT2D eigenvalue weighted by Gasteiger charge is -2.33. The summed E-state index contributed by atoms with van der Waals surface area (Å²) in [4.78, 5) is 25.8. The molecule has 1 atom stereocenters. The van der Waals surface area contributed by atoms with Crippen molar-refractivity contribution in [2.45, 2.75) is 11.0 Å². The molecular weight excluding hydrogens is 378 g/mol. The molecule has 1 fully saturated rings. The van der Waals surface area contributed by atoms with Crippen LogP contribution in [0, 0.1) is 10.1 Å². The van der Waals surface area contributed by atoms with Crippen LogP contribution in [0.2, 0.25) is 0 Å². The summed E-state index contributed by atoms with van der Waals surface area (Å²) in [6.45, 7) is 1.42. The second-order valence-electron chi connectivity index (χ2n) is 6.40. The van der Waals surface area contributed by atoms with Gasteiger partial charge in [0.1, 0.15) is 10.6 Å². The maximum atomic E-state index is 12.2. The summed E-state index contributed by atoms with van der Waals surface area (Å²) in [5.74, 6) is -0.0517. The topological polar surface area (TPSA) is 148 Å². The molecule has 0 unspecified atom stereocenters. The standard InChI is InChI=1S/C15H23N5O6S/c1-18(2)10-14(21)19-6-7-26-11(9-19)8-17-15-12(20(22)23)4-3-5-13(15)27(16,24)25/h3-5,11,17H,6-10H2,1-2H3,(H2,16,24,25)/t11-/m0/s1. The zero-order valence-corrected chi connectivity index (χ0v) is 15.9. The monoisotopic (exact) mass is 401 g/mol. The Kier molecular flexibility index (Phi) is 6.70. The molecule has 1 amide bonds. The Morgan fingerprint density at radius 2 is 2.19 bits per heavy atom. The Morgan fingerprint density at radius 3 is 2.78 bits per heavy atom. The van der Waals surface area contributed by atoms with Gasteiger partial charge in [-0.1, -0.05) is 6.07 Å². The zero-order valence-electron chi connectivity index (χ0n) is 15.1. The fourth-order valence-corrected chi connectivity index (χ4v) is 3.47. The predicted molar refractivity (Wildman–Crippen MR) is 97.8 cm³/mol. The van der Waals surface area contributed by atoms with Gasteiger partial charge >= 0.3 is 0 Å². The van der Waals surface area contributed by atoms with E-state index in [2.05, 4.69) is 5.32 Å². The molecule has 0 aromatic heterocycles. The smallest absolute Gasteiger partial charge is 0.293 e. The minimum absolute atomic E-state index is 0.0517. The molecule has 0 saturated carbocycles. The molecular formula is C15H23N5O6S. The van der Waals surface area contributed by atoms with Crippen molar-refractivity contribution in [1.82, 2.24) is 9.80 Å². The average molecular weight is 401 g/mol. The number of rotatable bonds is 7. The SMILES string of the molecule is CN(C)CC(=O)N1CCO[C@@H](CNc2c([N+](=O)[O-])cccc2S(N)(=O)=O)C1. The van der Waals surface area contributed by atoms with Gasteiger partial charge in [-0.05, 0) is 20.2 Å². The first-order valence-corrected chi connectivity index (χ1v) is 9.72. The first-order valence-electron chi connectivity index (χ1n) is 8.17. The van der Waals surface area contributed by atoms with Crippen LogP contribution in [0.4, 0.5) is 11.4 Å². The zero-order chi connectivity index (χ0) is 20.2. The van der Waals surface area contributed by atoms with Crippen molar-refractivity contribution in [2.75, 3.05) is 52.2 Å². The van der Waals surface area contributed by atoms with Crippen LogP contribution in [0.5, 0.6) is 0 Å². The van der Waals surface area contributed by atoms with Gasteiger partial charge in [0.2, 0.25) is 15.9 Å². The number of hydrogen-bond donors (Lipinski definition) is 2. The van der Waals surface area contributed by atoms with Crippen LogP contribution in [0.3, 0.4) is 0 Å². The third-order valence-corrected chi connectivity index (χ3v) is 4.91. The number of morpholine rings is 1. The fourth-order valence-electron chi connectivity index (χ4n) is 2.74. The molecule has 150 valence electrons. The van der Waals surface area contributed by atoms with Crippen LogP contribution in [0.1, 0.15) is 0 Å². The number of para-hydroxylation sites is 1. The second kappa shape index (κ2) is 8.61. The number of benzene rings is 1. The molecule has 3 N–H and O–H groups in total. The van der Waals surface area contributed by atoms with Gasteiger partial charge in [-0.3, -0.25) is 14.9 Å². The quantitative estimate of drug-likeness (QED) is 0.456. The third kappa shape index (κ3) is 5.60. The van der Waals surface area contributed by atoms with Crippen LogP contribution < -0.4 is 10.5 Å². The van der Waals surface area contributed by atoms with E-state index in [9.17, 15) is 23.3 Å². The maximum Gasteiger partial charge on any atom is 0.293 e. The van der Waals surface area contributed by atoms with Crippen molar-refractivity contribution in [3.05, 3.63) is 28.3 Å². The molecule has 0 spiro atoms. The van der Waals surface area contributed by atoms with Crippen molar-refractivity contribution in [2.24, 2.45) is 5.14 Å². The summed E-state index contributed by atoms with van der Waals surface area (Å²) < 4.78 is 29.1. The number of ether oxygens (including phenoxy) is 1. The number of nitro benzene ring substituents is 1. The number of primary sulfonamides is 1. The van der Waals surface area contributed by atoms with Gasteiger partial charge in [-0.25, -0.2) is 13.6 Å². The predicted octanol–water partition coefficient (Wildman–Crippen LogP) is -0.557. The molecule has 0 radical (unpaired) electrons. The van der Waals surface area contributed by atoms with E-state index in [0.29, 0.717) is 19.7 Å². The van der Waals surface area contributed by atoms with Crippen molar-refractivity contribution < 1.29 is 22.9 Å². The summed E-state index contributed by atoms with van der Waals surface area (Å²) >= 11 is 0. The normalized spacial score (nSPS) is 17.8. The average Bonchev–Trinajstić information content (AvgIpc) is 2.58. The highest BCUT2D eigenvalue weighted by atomic mass is 32.2. The molecule has 12 heteroatoms. The van der Waals surface area contributed by atoms with E-state index >= 15 is 0 Å². The van der Waals surface area contributed by atoms with Crippen LogP contribution >= 0.6 is 0 Å². The molecule has 1 heterocycles. The Balaban J connectivity index is 2.14. The van der Waals surface area contributed by atoms with Crippen molar-refractivity contribution in [1.29, 1.82) is 0 Å². The summed E-state index contributed by atoms with van der Waals surface area (Å²) in [6, 6.07) is 3.63. The molecule has 1 saturated heterocycles. The second-order valence-corrected chi connectivity index (χ2v) is 7.93. The number of anilines is 1. The Bertz CT molecular complexity index is 813. The van der Waals surface area contributed by atoms with E-state index in [1.807, 2.05) is 0 Å². The number of nitro groups is 1. The molecule has 1 aliphatic heterocycles. The lowest BCUT2D eigenvalue weighted by molar-refractivity contribution is -0.384. The van der Waals surface area contributed by atoms with E-state index in [-0.39, 0.29) is 29.6 Å². The summed E-state index contributed by atoms with van der Waals surface area (Å²) in [6.07, 6.45) is -0.446. The van der Waals surface area contributed by atoms with E-state index in [1.165, 1.54) is 18.2 Å². The van der Waals surface area contributed by atoms with Crippen LogP contribution in [-0.4, -0.2) is 82.0 Å². The van der Waals surface area contributed by atoms with Gasteiger partial charge in [-0.15, -0.1) is 0 Å². The van der Waals surface area contributed by atoms with Crippen LogP contribution in [0.15, 0.2) is 23.1 Å². The van der Waals surface area contributed by atoms with Gasteiger partial charge in [0.15, 0.2) is 0 Å². The highest BCUT2D eigenvalue weighted by Crippen LogP contribution is 2.31. The van der Waals surface area contributed by atoms with Gasteiger partial charge < -0.3 is 19.9 Å². The molecule has 1 aromatic carbocycles. The Hall–Kier alpha value is -2.28. The number of carbonyl (C=O) groups is 1. The van der Waals surface area contributed by atoms with E-state index in [1.54, 1.807) is 23.9 Å². The first-order chi connectivity index (χ1) is 12.6. The Morgan fingerprint density at radius 1 is 1.48 bits per heavy atom. The minimum atomic E-state index is -4.16. The summed E-state index contributed by atoms with van der Waals surface area (Å²) in [5.41, 5.74) is -0.594. The lowest BCUT2D eigenvalue weighted by Crippen LogP contribution is -2.50. The van der Waals surface area contributed by atoms with Gasteiger partial charge in [0, 0.05) is 25.7 Å². The number of nitrogens with one attached hydrogen (secondary N) is 1. The number of amides is 1. The van der Waals surface area contributed by atoms with Gasteiger partial charge in [0.05, 0.1) is 24.2 Å². The van der Waals surface area contributed by atoms with Crippen molar-refractivity contribution in [3.63, 3.8) is 0 Å². The summed E-state index contributed by atoms with van der Waals surface area (Å²) in [5, 5.41) is 19.2. The number of sulfonamides is 1. The Labute approximate surface area is 157 Å². The number of hydrogen-bond acceptors (Lipinski definition) is 8. The molecule has 1 aliphatic rings.